The Morgan fingerprint density at radius 2 is 2.33 bits per heavy atom. The maximum absolute atomic E-state index is 5.11. The molecular formula is C9H10N4OS. The third-order valence-corrected chi connectivity index (χ3v) is 2.41. The van der Waals surface area contributed by atoms with Gasteiger partial charge < -0.3 is 9.73 Å². The van der Waals surface area contributed by atoms with E-state index in [-0.39, 0.29) is 0 Å². The molecule has 0 aliphatic rings. The van der Waals surface area contributed by atoms with Crippen LogP contribution in [-0.4, -0.2) is 21.5 Å². The first-order chi connectivity index (χ1) is 7.38. The van der Waals surface area contributed by atoms with E-state index in [1.807, 2.05) is 13.0 Å². The minimum absolute atomic E-state index is 0.580. The molecule has 0 radical (unpaired) electrons. The van der Waals surface area contributed by atoms with Crippen molar-refractivity contribution in [1.29, 1.82) is 0 Å². The lowest BCUT2D eigenvalue weighted by molar-refractivity contribution is 0.454. The zero-order valence-corrected chi connectivity index (χ0v) is 8.99. The highest BCUT2D eigenvalue weighted by Crippen LogP contribution is 2.24. The predicted molar refractivity (Wildman–Crippen MR) is 56.8 cm³/mol. The monoisotopic (exact) mass is 222 g/mol. The van der Waals surface area contributed by atoms with Gasteiger partial charge >= 0.3 is 0 Å². The van der Waals surface area contributed by atoms with Crippen molar-refractivity contribution in [3.8, 4) is 0 Å². The fourth-order valence-corrected chi connectivity index (χ4v) is 1.69. The standard InChI is InChI=1S/C9H10N4OS/c1-2-10-7-5-8(13-6-12-7)15-9-11-3-4-14-9/h3-6H,2H2,1H3,(H,10,12,13). The van der Waals surface area contributed by atoms with Crippen LogP contribution in [0.5, 0.6) is 0 Å². The van der Waals surface area contributed by atoms with Crippen molar-refractivity contribution in [2.45, 2.75) is 17.2 Å². The highest BCUT2D eigenvalue weighted by molar-refractivity contribution is 7.99. The van der Waals surface area contributed by atoms with Crippen molar-refractivity contribution in [3.63, 3.8) is 0 Å². The van der Waals surface area contributed by atoms with Crippen LogP contribution in [0.2, 0.25) is 0 Å². The van der Waals surface area contributed by atoms with Gasteiger partial charge in [-0.1, -0.05) is 0 Å². The van der Waals surface area contributed by atoms with Crippen molar-refractivity contribution in [2.75, 3.05) is 11.9 Å². The van der Waals surface area contributed by atoms with E-state index in [9.17, 15) is 0 Å². The molecule has 2 heterocycles. The average molecular weight is 222 g/mol. The van der Waals surface area contributed by atoms with E-state index in [4.69, 9.17) is 4.42 Å². The van der Waals surface area contributed by atoms with E-state index >= 15 is 0 Å². The Hall–Kier alpha value is -1.56. The molecule has 0 bridgehead atoms. The molecule has 2 rings (SSSR count). The van der Waals surface area contributed by atoms with Gasteiger partial charge in [-0.3, -0.25) is 0 Å². The molecule has 5 nitrogen and oxygen atoms in total. The van der Waals surface area contributed by atoms with Crippen molar-refractivity contribution in [1.82, 2.24) is 15.0 Å². The second kappa shape index (κ2) is 4.79. The zero-order valence-electron chi connectivity index (χ0n) is 8.17. The lowest BCUT2D eigenvalue weighted by Crippen LogP contribution is -1.99. The summed E-state index contributed by atoms with van der Waals surface area (Å²) in [5, 5.41) is 4.50. The van der Waals surface area contributed by atoms with E-state index < -0.39 is 0 Å². The first-order valence-electron chi connectivity index (χ1n) is 4.51. The van der Waals surface area contributed by atoms with Gasteiger partial charge in [0.2, 0.25) is 0 Å². The molecule has 0 spiro atoms. The van der Waals surface area contributed by atoms with Gasteiger partial charge in [0.25, 0.3) is 5.22 Å². The van der Waals surface area contributed by atoms with Gasteiger partial charge in [0.15, 0.2) is 0 Å². The first kappa shape index (κ1) is 9.97. The lowest BCUT2D eigenvalue weighted by atomic mass is 10.5. The molecule has 0 saturated carbocycles. The molecule has 0 amide bonds. The quantitative estimate of drug-likeness (QED) is 0.799. The van der Waals surface area contributed by atoms with Gasteiger partial charge in [-0.05, 0) is 18.7 Å². The highest BCUT2D eigenvalue weighted by Gasteiger charge is 2.03. The van der Waals surface area contributed by atoms with Gasteiger partial charge in [0, 0.05) is 12.6 Å². The smallest absolute Gasteiger partial charge is 0.261 e. The molecule has 0 unspecified atom stereocenters. The number of nitrogens with one attached hydrogen (secondary N) is 1. The fraction of sp³-hybridized carbons (Fsp3) is 0.222. The predicted octanol–water partition coefficient (Wildman–Crippen LogP) is 2.05. The summed E-state index contributed by atoms with van der Waals surface area (Å²) in [5.41, 5.74) is 0. The van der Waals surface area contributed by atoms with Crippen LogP contribution < -0.4 is 5.32 Å². The normalized spacial score (nSPS) is 10.2. The van der Waals surface area contributed by atoms with Crippen molar-refractivity contribution in [2.24, 2.45) is 0 Å². The van der Waals surface area contributed by atoms with Crippen molar-refractivity contribution < 1.29 is 4.42 Å². The number of rotatable bonds is 4. The van der Waals surface area contributed by atoms with Crippen LogP contribution in [0, 0.1) is 0 Å². The van der Waals surface area contributed by atoms with Gasteiger partial charge in [-0.25, -0.2) is 15.0 Å². The van der Waals surface area contributed by atoms with Crippen LogP contribution in [0.25, 0.3) is 0 Å². The summed E-state index contributed by atoms with van der Waals surface area (Å²) < 4.78 is 5.11. The van der Waals surface area contributed by atoms with Crippen LogP contribution >= 0.6 is 11.8 Å². The van der Waals surface area contributed by atoms with Gasteiger partial charge in [0.1, 0.15) is 23.4 Å². The summed E-state index contributed by atoms with van der Waals surface area (Å²) >= 11 is 1.37. The van der Waals surface area contributed by atoms with E-state index in [1.54, 1.807) is 6.20 Å². The van der Waals surface area contributed by atoms with Crippen molar-refractivity contribution >= 4 is 17.6 Å². The zero-order chi connectivity index (χ0) is 10.5. The first-order valence-corrected chi connectivity index (χ1v) is 5.33. The van der Waals surface area contributed by atoms with Gasteiger partial charge in [0.05, 0.1) is 6.20 Å². The molecule has 2 aromatic heterocycles. The fourth-order valence-electron chi connectivity index (χ4n) is 1.02. The molecule has 2 aromatic rings. The number of aromatic nitrogens is 3. The number of oxazole rings is 1. The summed E-state index contributed by atoms with van der Waals surface area (Å²) in [6, 6.07) is 1.86. The van der Waals surface area contributed by atoms with Crippen LogP contribution in [-0.2, 0) is 0 Å². The summed E-state index contributed by atoms with van der Waals surface area (Å²) in [4.78, 5) is 12.2. The van der Waals surface area contributed by atoms with E-state index in [2.05, 4.69) is 20.3 Å². The second-order valence-corrected chi connectivity index (χ2v) is 3.64. The lowest BCUT2D eigenvalue weighted by Gasteiger charge is -2.02. The van der Waals surface area contributed by atoms with Crippen LogP contribution in [0.3, 0.4) is 0 Å². The molecule has 15 heavy (non-hydrogen) atoms. The Labute approximate surface area is 91.3 Å². The maximum Gasteiger partial charge on any atom is 0.261 e. The summed E-state index contributed by atoms with van der Waals surface area (Å²) in [6.45, 7) is 2.85. The molecule has 78 valence electrons. The molecule has 0 aliphatic carbocycles. The van der Waals surface area contributed by atoms with Crippen LogP contribution in [0.4, 0.5) is 5.82 Å². The maximum atomic E-state index is 5.11. The number of hydrogen-bond acceptors (Lipinski definition) is 6. The van der Waals surface area contributed by atoms with Crippen molar-refractivity contribution in [3.05, 3.63) is 24.9 Å². The molecule has 0 atom stereocenters. The molecule has 6 heteroatoms. The third-order valence-electron chi connectivity index (χ3n) is 1.60. The Morgan fingerprint density at radius 3 is 3.07 bits per heavy atom. The number of hydrogen-bond donors (Lipinski definition) is 1. The van der Waals surface area contributed by atoms with E-state index in [0.29, 0.717) is 5.22 Å². The molecule has 1 N–H and O–H groups in total. The number of nitrogens with zero attached hydrogens (tertiary/aromatic N) is 3. The minimum Gasteiger partial charge on any atom is -0.440 e. The third kappa shape index (κ3) is 2.69. The Morgan fingerprint density at radius 1 is 1.40 bits per heavy atom. The van der Waals surface area contributed by atoms with E-state index in [0.717, 1.165) is 17.4 Å². The molecule has 0 aliphatic heterocycles. The summed E-state index contributed by atoms with van der Waals surface area (Å²) in [6.07, 6.45) is 4.66. The molecular weight excluding hydrogens is 212 g/mol. The summed E-state index contributed by atoms with van der Waals surface area (Å²) in [5.74, 6) is 0.807. The Bertz CT molecular complexity index is 418. The SMILES string of the molecule is CCNc1cc(Sc2ncco2)ncn1. The highest BCUT2D eigenvalue weighted by atomic mass is 32.2. The topological polar surface area (TPSA) is 63.8 Å². The molecule has 0 saturated heterocycles. The van der Waals surface area contributed by atoms with Crippen LogP contribution in [0.1, 0.15) is 6.92 Å². The van der Waals surface area contributed by atoms with Gasteiger partial charge in [-0.15, -0.1) is 0 Å². The minimum atomic E-state index is 0.580. The second-order valence-electron chi connectivity index (χ2n) is 2.67. The van der Waals surface area contributed by atoms with E-state index in [1.165, 1.54) is 24.4 Å². The Balaban J connectivity index is 2.11. The molecule has 0 aromatic carbocycles. The molecule has 0 fully saturated rings. The largest absolute Gasteiger partial charge is 0.440 e. The van der Waals surface area contributed by atoms with Crippen LogP contribution in [0.15, 0.2) is 39.5 Å². The van der Waals surface area contributed by atoms with Gasteiger partial charge in [-0.2, -0.15) is 0 Å². The number of anilines is 1. The Kier molecular flexibility index (Phi) is 3.18. The summed E-state index contributed by atoms with van der Waals surface area (Å²) in [7, 11) is 0. The average Bonchev–Trinajstić information content (AvgIpc) is 2.71.